The van der Waals surface area contributed by atoms with Gasteiger partial charge in [0.15, 0.2) is 0 Å². The number of nitrogens with zero attached hydrogens (tertiary/aromatic N) is 3. The third kappa shape index (κ3) is 4.48. The third-order valence-electron chi connectivity index (χ3n) is 5.33. The molecule has 2 aromatic rings. The molecule has 1 aliphatic heterocycles. The van der Waals surface area contributed by atoms with E-state index in [1.54, 1.807) is 12.1 Å². The van der Waals surface area contributed by atoms with Crippen molar-refractivity contribution in [3.05, 3.63) is 69.8 Å². The van der Waals surface area contributed by atoms with Gasteiger partial charge in [-0.05, 0) is 31.0 Å². The van der Waals surface area contributed by atoms with Gasteiger partial charge in [0.05, 0.1) is 4.92 Å². The Balaban J connectivity index is 1.79. The fourth-order valence-corrected chi connectivity index (χ4v) is 3.62. The number of carbonyl (C=O) groups is 1. The predicted octanol–water partition coefficient (Wildman–Crippen LogP) is 3.06. The molecule has 1 aliphatic rings. The van der Waals surface area contributed by atoms with Crippen LogP contribution in [0, 0.1) is 10.1 Å². The number of nitro benzene ring substituents is 1. The minimum absolute atomic E-state index is 0.0229. The summed E-state index contributed by atoms with van der Waals surface area (Å²) in [5.74, 6) is -0.326. The van der Waals surface area contributed by atoms with Gasteiger partial charge in [-0.1, -0.05) is 30.3 Å². The van der Waals surface area contributed by atoms with E-state index in [1.807, 2.05) is 18.2 Å². The Morgan fingerprint density at radius 3 is 2.61 bits per heavy atom. The van der Waals surface area contributed by atoms with E-state index in [2.05, 4.69) is 34.2 Å². The molecule has 7 heteroatoms. The van der Waals surface area contributed by atoms with Crippen molar-refractivity contribution in [1.29, 1.82) is 0 Å². The first-order chi connectivity index (χ1) is 13.5. The normalized spacial score (nSPS) is 17.8. The topological polar surface area (TPSA) is 78.7 Å². The molecule has 7 nitrogen and oxygen atoms in total. The monoisotopic (exact) mass is 382 g/mol. The van der Waals surface area contributed by atoms with Crippen molar-refractivity contribution in [2.75, 3.05) is 31.6 Å². The molecule has 3 rings (SSSR count). The zero-order valence-corrected chi connectivity index (χ0v) is 16.3. The van der Waals surface area contributed by atoms with Crippen molar-refractivity contribution < 1.29 is 9.72 Å². The highest BCUT2D eigenvalue weighted by Crippen LogP contribution is 2.31. The van der Waals surface area contributed by atoms with Gasteiger partial charge < -0.3 is 10.2 Å². The molecule has 1 saturated heterocycles. The summed E-state index contributed by atoms with van der Waals surface area (Å²) in [4.78, 5) is 27.5. The van der Waals surface area contributed by atoms with Crippen LogP contribution in [0.3, 0.4) is 0 Å². The van der Waals surface area contributed by atoms with Crippen LogP contribution in [-0.2, 0) is 6.54 Å². The van der Waals surface area contributed by atoms with Gasteiger partial charge in [0.1, 0.15) is 5.69 Å². The van der Waals surface area contributed by atoms with E-state index < -0.39 is 4.92 Å². The molecule has 0 radical (unpaired) electrons. The number of amides is 1. The standard InChI is InChI=1S/C21H26N4O3/c1-16-10-11-23(12-13-24(16)15-17-6-4-3-5-7-17)19-9-8-18(21(26)22-2)14-20(19)25(27)28/h3-9,14,16H,10-13,15H2,1-2H3,(H,22,26). The molecule has 1 fully saturated rings. The highest BCUT2D eigenvalue weighted by atomic mass is 16.6. The summed E-state index contributed by atoms with van der Waals surface area (Å²) in [6.07, 6.45) is 0.918. The van der Waals surface area contributed by atoms with E-state index >= 15 is 0 Å². The molecule has 0 saturated carbocycles. The highest BCUT2D eigenvalue weighted by molar-refractivity contribution is 5.95. The molecule has 2 aromatic carbocycles. The number of carbonyl (C=O) groups excluding carboxylic acids is 1. The third-order valence-corrected chi connectivity index (χ3v) is 5.33. The van der Waals surface area contributed by atoms with E-state index in [0.717, 1.165) is 26.1 Å². The first-order valence-electron chi connectivity index (χ1n) is 9.53. The lowest BCUT2D eigenvalue weighted by atomic mass is 10.1. The number of hydrogen-bond acceptors (Lipinski definition) is 5. The first-order valence-corrected chi connectivity index (χ1v) is 9.53. The summed E-state index contributed by atoms with van der Waals surface area (Å²) < 4.78 is 0. The molecule has 0 bridgehead atoms. The summed E-state index contributed by atoms with van der Waals surface area (Å²) in [6.45, 7) is 5.34. The van der Waals surface area contributed by atoms with Gasteiger partial charge in [-0.2, -0.15) is 0 Å². The number of benzene rings is 2. The van der Waals surface area contributed by atoms with Crippen LogP contribution in [-0.4, -0.2) is 48.5 Å². The second-order valence-corrected chi connectivity index (χ2v) is 7.12. The maximum absolute atomic E-state index is 11.8. The average molecular weight is 382 g/mol. The van der Waals surface area contributed by atoms with Gasteiger partial charge in [-0.25, -0.2) is 0 Å². The molecule has 1 heterocycles. The smallest absolute Gasteiger partial charge is 0.293 e. The maximum Gasteiger partial charge on any atom is 0.293 e. The number of anilines is 1. The van der Waals surface area contributed by atoms with E-state index in [-0.39, 0.29) is 11.6 Å². The van der Waals surface area contributed by atoms with Crippen LogP contribution in [0.2, 0.25) is 0 Å². The maximum atomic E-state index is 11.8. The van der Waals surface area contributed by atoms with E-state index in [1.165, 1.54) is 18.7 Å². The number of nitro groups is 1. The SMILES string of the molecule is CNC(=O)c1ccc(N2CCC(C)N(Cc3ccccc3)CC2)c([N+](=O)[O-])c1. The van der Waals surface area contributed by atoms with Crippen LogP contribution >= 0.6 is 0 Å². The summed E-state index contributed by atoms with van der Waals surface area (Å²) in [5.41, 5.74) is 2.12. The number of nitrogens with one attached hydrogen (secondary N) is 1. The summed E-state index contributed by atoms with van der Waals surface area (Å²) in [5, 5.41) is 14.1. The summed E-state index contributed by atoms with van der Waals surface area (Å²) in [6, 6.07) is 15.4. The Hall–Kier alpha value is -2.93. The predicted molar refractivity (Wildman–Crippen MR) is 110 cm³/mol. The van der Waals surface area contributed by atoms with Crippen LogP contribution < -0.4 is 10.2 Å². The van der Waals surface area contributed by atoms with E-state index in [4.69, 9.17) is 0 Å². The first kappa shape index (κ1) is 19.8. The van der Waals surface area contributed by atoms with Gasteiger partial charge in [0, 0.05) is 50.9 Å². The number of hydrogen-bond donors (Lipinski definition) is 1. The van der Waals surface area contributed by atoms with E-state index in [9.17, 15) is 14.9 Å². The second-order valence-electron chi connectivity index (χ2n) is 7.12. The largest absolute Gasteiger partial charge is 0.365 e. The zero-order valence-electron chi connectivity index (χ0n) is 16.3. The molecule has 1 N–H and O–H groups in total. The Morgan fingerprint density at radius 1 is 1.18 bits per heavy atom. The quantitative estimate of drug-likeness (QED) is 0.635. The van der Waals surface area contributed by atoms with Crippen molar-refractivity contribution in [3.63, 3.8) is 0 Å². The van der Waals surface area contributed by atoms with Crippen LogP contribution in [0.25, 0.3) is 0 Å². The molecule has 28 heavy (non-hydrogen) atoms. The summed E-state index contributed by atoms with van der Waals surface area (Å²) in [7, 11) is 1.51. The molecule has 0 spiro atoms. The van der Waals surface area contributed by atoms with Crippen molar-refractivity contribution >= 4 is 17.3 Å². The lowest BCUT2D eigenvalue weighted by molar-refractivity contribution is -0.384. The Morgan fingerprint density at radius 2 is 1.93 bits per heavy atom. The highest BCUT2D eigenvalue weighted by Gasteiger charge is 2.26. The lowest BCUT2D eigenvalue weighted by Crippen LogP contribution is -2.34. The minimum atomic E-state index is -0.405. The van der Waals surface area contributed by atoms with Gasteiger partial charge in [-0.15, -0.1) is 0 Å². The Labute approximate surface area is 165 Å². The Kier molecular flexibility index (Phi) is 6.26. The average Bonchev–Trinajstić information content (AvgIpc) is 2.89. The molecule has 0 aliphatic carbocycles. The molecule has 1 atom stereocenters. The molecule has 0 aromatic heterocycles. The molecule has 1 unspecified atom stereocenters. The Bertz CT molecular complexity index is 841. The minimum Gasteiger partial charge on any atom is -0.365 e. The van der Waals surface area contributed by atoms with Gasteiger partial charge in [0.25, 0.3) is 11.6 Å². The summed E-state index contributed by atoms with van der Waals surface area (Å²) >= 11 is 0. The fourth-order valence-electron chi connectivity index (χ4n) is 3.62. The molecule has 148 valence electrons. The number of rotatable bonds is 5. The zero-order chi connectivity index (χ0) is 20.1. The van der Waals surface area contributed by atoms with Crippen molar-refractivity contribution in [2.45, 2.75) is 25.9 Å². The molecule has 1 amide bonds. The van der Waals surface area contributed by atoms with E-state index in [0.29, 0.717) is 23.8 Å². The van der Waals surface area contributed by atoms with Gasteiger partial charge in [-0.3, -0.25) is 19.8 Å². The van der Waals surface area contributed by atoms with Crippen molar-refractivity contribution in [1.82, 2.24) is 10.2 Å². The van der Waals surface area contributed by atoms with Crippen molar-refractivity contribution in [2.24, 2.45) is 0 Å². The van der Waals surface area contributed by atoms with Crippen LogP contribution in [0.4, 0.5) is 11.4 Å². The van der Waals surface area contributed by atoms with Gasteiger partial charge in [0.2, 0.25) is 0 Å². The van der Waals surface area contributed by atoms with Gasteiger partial charge >= 0.3 is 0 Å². The lowest BCUT2D eigenvalue weighted by Gasteiger charge is -2.26. The van der Waals surface area contributed by atoms with Crippen LogP contribution in [0.15, 0.2) is 48.5 Å². The van der Waals surface area contributed by atoms with Crippen LogP contribution in [0.1, 0.15) is 29.3 Å². The van der Waals surface area contributed by atoms with Crippen molar-refractivity contribution in [3.8, 4) is 0 Å². The fraction of sp³-hybridized carbons (Fsp3) is 0.381. The molecular formula is C21H26N4O3. The second kappa shape index (κ2) is 8.84. The molecular weight excluding hydrogens is 356 g/mol. The van der Waals surface area contributed by atoms with Crippen LogP contribution in [0.5, 0.6) is 0 Å².